The third-order valence-corrected chi connectivity index (χ3v) is 7.88. The molecule has 2 N–H and O–H groups in total. The van der Waals surface area contributed by atoms with Gasteiger partial charge in [0.2, 0.25) is 5.91 Å². The van der Waals surface area contributed by atoms with E-state index < -0.39 is 5.60 Å². The van der Waals surface area contributed by atoms with Crippen molar-refractivity contribution in [3.05, 3.63) is 51.4 Å². The number of thiophene rings is 1. The molecule has 8 heteroatoms. The van der Waals surface area contributed by atoms with Crippen LogP contribution in [0.1, 0.15) is 66.7 Å². The average molecular weight is 495 g/mol. The van der Waals surface area contributed by atoms with Gasteiger partial charge in [0, 0.05) is 24.5 Å². The molecule has 4 rings (SSSR count). The van der Waals surface area contributed by atoms with Gasteiger partial charge in [-0.05, 0) is 64.0 Å². The molecule has 2 aromatic rings. The van der Waals surface area contributed by atoms with Crippen molar-refractivity contribution >= 4 is 28.3 Å². The van der Waals surface area contributed by atoms with Gasteiger partial charge in [0.15, 0.2) is 0 Å². The van der Waals surface area contributed by atoms with Crippen molar-refractivity contribution in [2.45, 2.75) is 65.0 Å². The van der Waals surface area contributed by atoms with Crippen molar-refractivity contribution < 1.29 is 14.3 Å². The van der Waals surface area contributed by atoms with Crippen LogP contribution in [0.25, 0.3) is 0 Å². The molecule has 0 bridgehead atoms. The number of rotatable bonds is 3. The molecule has 2 amide bonds. The Bertz CT molecular complexity index is 1150. The number of ether oxygens (including phenoxy) is 1. The zero-order chi connectivity index (χ0) is 25.3. The van der Waals surface area contributed by atoms with Crippen LogP contribution >= 0.6 is 11.3 Å². The number of fused-ring (bicyclic) bond motifs is 1. The SMILES string of the molecule is Cc1cccc(C(C(=O)N2CCc3c(sc(N)c3C#N)C2)C2CCN(C(=O)OC(C)(C)C)CC2)c1. The van der Waals surface area contributed by atoms with Gasteiger partial charge >= 0.3 is 6.09 Å². The van der Waals surface area contributed by atoms with Gasteiger partial charge in [0.25, 0.3) is 0 Å². The van der Waals surface area contributed by atoms with Crippen LogP contribution in [0.3, 0.4) is 0 Å². The molecule has 0 aliphatic carbocycles. The lowest BCUT2D eigenvalue weighted by Gasteiger charge is -2.39. The summed E-state index contributed by atoms with van der Waals surface area (Å²) in [6.45, 7) is 9.87. The number of nitrogen functional groups attached to an aromatic ring is 1. The molecule has 1 fully saturated rings. The number of nitriles is 1. The lowest BCUT2D eigenvalue weighted by atomic mass is 9.78. The Labute approximate surface area is 211 Å². The Morgan fingerprint density at radius 1 is 1.20 bits per heavy atom. The third kappa shape index (κ3) is 5.46. The minimum absolute atomic E-state index is 0.113. The van der Waals surface area contributed by atoms with E-state index >= 15 is 0 Å². The summed E-state index contributed by atoms with van der Waals surface area (Å²) in [4.78, 5) is 31.3. The van der Waals surface area contributed by atoms with Gasteiger partial charge in [-0.2, -0.15) is 5.26 Å². The largest absolute Gasteiger partial charge is 0.444 e. The molecule has 0 radical (unpaired) electrons. The Balaban J connectivity index is 1.54. The number of amides is 2. The van der Waals surface area contributed by atoms with Crippen molar-refractivity contribution in [2.75, 3.05) is 25.4 Å². The molecule has 3 heterocycles. The molecular formula is C27H34N4O3S. The molecule has 1 aromatic heterocycles. The van der Waals surface area contributed by atoms with Crippen molar-refractivity contribution in [1.82, 2.24) is 9.80 Å². The average Bonchev–Trinajstić information content (AvgIpc) is 3.12. The highest BCUT2D eigenvalue weighted by molar-refractivity contribution is 7.16. The lowest BCUT2D eigenvalue weighted by molar-refractivity contribution is -0.135. The predicted octanol–water partition coefficient (Wildman–Crippen LogP) is 4.83. The van der Waals surface area contributed by atoms with Crippen LogP contribution in [0, 0.1) is 24.2 Å². The molecule has 2 aliphatic rings. The Kier molecular flexibility index (Phi) is 7.09. The predicted molar refractivity (Wildman–Crippen MR) is 137 cm³/mol. The number of carbonyl (C=O) groups is 2. The normalized spacial score (nSPS) is 17.5. The monoisotopic (exact) mass is 494 g/mol. The molecule has 1 atom stereocenters. The number of benzene rings is 1. The fourth-order valence-electron chi connectivity index (χ4n) is 5.15. The summed E-state index contributed by atoms with van der Waals surface area (Å²) >= 11 is 1.42. The molecule has 0 saturated carbocycles. The summed E-state index contributed by atoms with van der Waals surface area (Å²) in [5.41, 5.74) is 9.25. The quantitative estimate of drug-likeness (QED) is 0.659. The summed E-state index contributed by atoms with van der Waals surface area (Å²) in [5, 5.41) is 9.99. The minimum Gasteiger partial charge on any atom is -0.444 e. The summed E-state index contributed by atoms with van der Waals surface area (Å²) in [5.74, 6) is -0.0279. The van der Waals surface area contributed by atoms with Crippen molar-refractivity contribution in [2.24, 2.45) is 5.92 Å². The van der Waals surface area contributed by atoms with Crippen LogP contribution in [-0.2, 0) is 22.5 Å². The Morgan fingerprint density at radius 3 is 2.54 bits per heavy atom. The Hall–Kier alpha value is -3.05. The van der Waals surface area contributed by atoms with E-state index in [4.69, 9.17) is 10.5 Å². The summed E-state index contributed by atoms with van der Waals surface area (Å²) < 4.78 is 5.55. The maximum Gasteiger partial charge on any atom is 0.410 e. The van der Waals surface area contributed by atoms with Crippen LogP contribution in [0.15, 0.2) is 24.3 Å². The summed E-state index contributed by atoms with van der Waals surface area (Å²) in [6.07, 6.45) is 1.84. The number of carbonyl (C=O) groups excluding carboxylic acids is 2. The van der Waals surface area contributed by atoms with E-state index in [2.05, 4.69) is 12.1 Å². The van der Waals surface area contributed by atoms with E-state index in [1.54, 1.807) is 4.90 Å². The van der Waals surface area contributed by atoms with E-state index in [1.807, 2.05) is 50.8 Å². The number of piperidine rings is 1. The highest BCUT2D eigenvalue weighted by Gasteiger charge is 2.38. The second kappa shape index (κ2) is 9.90. The molecular weight excluding hydrogens is 460 g/mol. The van der Waals surface area contributed by atoms with Gasteiger partial charge in [-0.3, -0.25) is 4.79 Å². The van der Waals surface area contributed by atoms with E-state index in [0.29, 0.717) is 43.2 Å². The minimum atomic E-state index is -0.530. The maximum absolute atomic E-state index is 14.0. The number of nitrogens with zero attached hydrogens (tertiary/aromatic N) is 3. The van der Waals surface area contributed by atoms with Gasteiger partial charge < -0.3 is 20.3 Å². The number of nitrogens with two attached hydrogens (primary N) is 1. The topological polar surface area (TPSA) is 99.7 Å². The summed E-state index contributed by atoms with van der Waals surface area (Å²) in [7, 11) is 0. The first-order valence-corrected chi connectivity index (χ1v) is 13.0. The van der Waals surface area contributed by atoms with E-state index in [9.17, 15) is 14.9 Å². The number of likely N-dealkylation sites (tertiary alicyclic amines) is 1. The number of anilines is 1. The molecule has 1 aromatic carbocycles. The van der Waals surface area contributed by atoms with Crippen molar-refractivity contribution in [3.8, 4) is 6.07 Å². The van der Waals surface area contributed by atoms with E-state index in [1.165, 1.54) is 11.3 Å². The smallest absolute Gasteiger partial charge is 0.410 e. The zero-order valence-corrected chi connectivity index (χ0v) is 21.8. The fraction of sp³-hybridized carbons (Fsp3) is 0.519. The van der Waals surface area contributed by atoms with E-state index in [-0.39, 0.29) is 23.8 Å². The van der Waals surface area contributed by atoms with Crippen LogP contribution in [0.2, 0.25) is 0 Å². The maximum atomic E-state index is 14.0. The van der Waals surface area contributed by atoms with Crippen LogP contribution in [0.4, 0.5) is 9.80 Å². The summed E-state index contributed by atoms with van der Waals surface area (Å²) in [6, 6.07) is 10.4. The first-order chi connectivity index (χ1) is 16.6. The first kappa shape index (κ1) is 25.1. The second-order valence-corrected chi connectivity index (χ2v) is 11.7. The van der Waals surface area contributed by atoms with Crippen molar-refractivity contribution in [1.29, 1.82) is 5.26 Å². The molecule has 186 valence electrons. The molecule has 1 unspecified atom stereocenters. The van der Waals surface area contributed by atoms with Gasteiger partial charge in [-0.25, -0.2) is 4.79 Å². The number of hydrogen-bond acceptors (Lipinski definition) is 6. The number of aryl methyl sites for hydroxylation is 1. The van der Waals surface area contributed by atoms with Crippen molar-refractivity contribution in [3.63, 3.8) is 0 Å². The lowest BCUT2D eigenvalue weighted by Crippen LogP contribution is -2.45. The number of hydrogen-bond donors (Lipinski definition) is 1. The molecule has 35 heavy (non-hydrogen) atoms. The molecule has 1 saturated heterocycles. The highest BCUT2D eigenvalue weighted by atomic mass is 32.1. The fourth-order valence-corrected chi connectivity index (χ4v) is 6.24. The highest BCUT2D eigenvalue weighted by Crippen LogP contribution is 2.39. The van der Waals surface area contributed by atoms with Gasteiger partial charge in [-0.15, -0.1) is 11.3 Å². The van der Waals surface area contributed by atoms with E-state index in [0.717, 1.165) is 34.4 Å². The molecule has 2 aliphatic heterocycles. The molecule has 7 nitrogen and oxygen atoms in total. The Morgan fingerprint density at radius 2 is 1.91 bits per heavy atom. The van der Waals surface area contributed by atoms with Gasteiger partial charge in [0.05, 0.1) is 18.0 Å². The molecule has 0 spiro atoms. The zero-order valence-electron chi connectivity index (χ0n) is 21.0. The third-order valence-electron chi connectivity index (χ3n) is 6.84. The van der Waals surface area contributed by atoms with Crippen LogP contribution in [-0.4, -0.2) is 47.0 Å². The standard InChI is InChI=1S/C27H34N4O3S/c1-17-6-5-7-19(14-17)23(18-8-11-30(12-9-18)26(33)34-27(2,3)4)25(32)31-13-10-20-21(15-28)24(29)35-22(20)16-31/h5-7,14,18,23H,8-13,16,29H2,1-4H3. The van der Waals surface area contributed by atoms with Crippen LogP contribution in [0.5, 0.6) is 0 Å². The van der Waals surface area contributed by atoms with Gasteiger partial charge in [0.1, 0.15) is 16.7 Å². The van der Waals surface area contributed by atoms with Gasteiger partial charge in [-0.1, -0.05) is 29.8 Å². The second-order valence-electron chi connectivity index (χ2n) is 10.6. The first-order valence-electron chi connectivity index (χ1n) is 12.2. The van der Waals surface area contributed by atoms with Crippen LogP contribution < -0.4 is 5.73 Å².